The fraction of sp³-hybridized carbons (Fsp3) is 0.586. The van der Waals surface area contributed by atoms with Gasteiger partial charge in [0.05, 0.1) is 0 Å². The van der Waals surface area contributed by atoms with Crippen molar-refractivity contribution in [1.82, 2.24) is 0 Å². The van der Waals surface area contributed by atoms with E-state index in [1.807, 2.05) is 0 Å². The van der Waals surface area contributed by atoms with Crippen molar-refractivity contribution in [3.8, 4) is 5.75 Å². The third-order valence-electron chi connectivity index (χ3n) is 6.48. The molecule has 0 bridgehead atoms. The number of phenolic OH excluding ortho intramolecular Hbond substituents is 1. The van der Waals surface area contributed by atoms with E-state index in [4.69, 9.17) is 12.6 Å². The molecule has 0 amide bonds. The van der Waals surface area contributed by atoms with E-state index >= 15 is 0 Å². The standard InChI is InChI=1S/C29H45OPS/c1-11-12-15-29(10,31-25-14-13-19(2)16-22(25)20(3)32)24-18-21(27(4,5)6)17-23(26(24)30)28(7,8)9/h13-14,16-18,20,30-32H,11-12,15H2,1-10H3. The van der Waals surface area contributed by atoms with Crippen LogP contribution in [0.1, 0.15) is 115 Å². The van der Waals surface area contributed by atoms with Crippen molar-refractivity contribution in [2.45, 2.75) is 110 Å². The van der Waals surface area contributed by atoms with Crippen molar-refractivity contribution in [2.75, 3.05) is 0 Å². The first-order valence-electron chi connectivity index (χ1n) is 12.1. The quantitative estimate of drug-likeness (QED) is 0.305. The fourth-order valence-corrected chi connectivity index (χ4v) is 6.45. The molecule has 0 spiro atoms. The Labute approximate surface area is 205 Å². The Kier molecular flexibility index (Phi) is 8.61. The molecule has 3 heteroatoms. The highest BCUT2D eigenvalue weighted by Crippen LogP contribution is 2.52. The molecule has 32 heavy (non-hydrogen) atoms. The van der Waals surface area contributed by atoms with Gasteiger partial charge in [-0.05, 0) is 53.1 Å². The summed E-state index contributed by atoms with van der Waals surface area (Å²) < 4.78 is 0. The SMILES string of the molecule is CCCCC(C)(Pc1ccc(C)cc1C(C)S)c1cc(C(C)(C)C)cc(C(C)(C)C)c1O. The van der Waals surface area contributed by atoms with Crippen LogP contribution < -0.4 is 5.30 Å². The van der Waals surface area contributed by atoms with E-state index in [2.05, 4.69) is 99.6 Å². The van der Waals surface area contributed by atoms with Gasteiger partial charge in [-0.1, -0.05) is 113 Å². The maximum atomic E-state index is 11.6. The van der Waals surface area contributed by atoms with Gasteiger partial charge in [-0.15, -0.1) is 0 Å². The topological polar surface area (TPSA) is 20.2 Å². The van der Waals surface area contributed by atoms with Crippen molar-refractivity contribution in [1.29, 1.82) is 0 Å². The lowest BCUT2D eigenvalue weighted by Crippen LogP contribution is -2.25. The van der Waals surface area contributed by atoms with Gasteiger partial charge in [0.25, 0.3) is 0 Å². The summed E-state index contributed by atoms with van der Waals surface area (Å²) >= 11 is 4.80. The minimum atomic E-state index is -0.131. The summed E-state index contributed by atoms with van der Waals surface area (Å²) in [5.74, 6) is 0.490. The summed E-state index contributed by atoms with van der Waals surface area (Å²) in [7, 11) is 0.571. The second-order valence-corrected chi connectivity index (χ2v) is 14.4. The summed E-state index contributed by atoms with van der Waals surface area (Å²) in [5, 5.41) is 13.1. The maximum absolute atomic E-state index is 11.6. The van der Waals surface area contributed by atoms with E-state index in [1.165, 1.54) is 22.0 Å². The summed E-state index contributed by atoms with van der Waals surface area (Å²) in [6.07, 6.45) is 3.35. The number of aromatic hydroxyl groups is 1. The molecule has 178 valence electrons. The molecule has 0 fully saturated rings. The van der Waals surface area contributed by atoms with Crippen LogP contribution in [0, 0.1) is 6.92 Å². The lowest BCUT2D eigenvalue weighted by Gasteiger charge is -2.36. The molecular weight excluding hydrogens is 427 g/mol. The van der Waals surface area contributed by atoms with Gasteiger partial charge in [0.2, 0.25) is 0 Å². The van der Waals surface area contributed by atoms with Gasteiger partial charge < -0.3 is 5.11 Å². The van der Waals surface area contributed by atoms with Crippen LogP contribution in [0.15, 0.2) is 30.3 Å². The van der Waals surface area contributed by atoms with Crippen molar-refractivity contribution < 1.29 is 5.11 Å². The van der Waals surface area contributed by atoms with Crippen LogP contribution in [0.4, 0.5) is 0 Å². The number of aryl methyl sites for hydroxylation is 1. The monoisotopic (exact) mass is 472 g/mol. The molecule has 0 aromatic heterocycles. The van der Waals surface area contributed by atoms with Crippen molar-refractivity contribution in [2.24, 2.45) is 0 Å². The molecule has 2 aromatic carbocycles. The van der Waals surface area contributed by atoms with Crippen LogP contribution in [0.3, 0.4) is 0 Å². The molecule has 0 aliphatic rings. The van der Waals surface area contributed by atoms with E-state index < -0.39 is 0 Å². The zero-order chi connectivity index (χ0) is 24.5. The Hall–Kier alpha value is -0.980. The van der Waals surface area contributed by atoms with Crippen molar-refractivity contribution in [3.05, 3.63) is 58.1 Å². The number of rotatable bonds is 7. The van der Waals surface area contributed by atoms with Crippen LogP contribution in [0.25, 0.3) is 0 Å². The molecule has 0 saturated heterocycles. The Balaban J connectivity index is 2.77. The summed E-state index contributed by atoms with van der Waals surface area (Å²) in [6.45, 7) is 22.3. The van der Waals surface area contributed by atoms with E-state index in [0.29, 0.717) is 14.3 Å². The maximum Gasteiger partial charge on any atom is 0.123 e. The largest absolute Gasteiger partial charge is 0.507 e. The molecule has 0 heterocycles. The lowest BCUT2D eigenvalue weighted by molar-refractivity contribution is 0.425. The average molecular weight is 473 g/mol. The van der Waals surface area contributed by atoms with Crippen molar-refractivity contribution in [3.63, 3.8) is 0 Å². The molecule has 1 nitrogen and oxygen atoms in total. The van der Waals surface area contributed by atoms with E-state index in [9.17, 15) is 5.11 Å². The Bertz CT molecular complexity index is 933. The average Bonchev–Trinajstić information content (AvgIpc) is 2.66. The molecule has 0 aliphatic heterocycles. The third kappa shape index (κ3) is 6.32. The minimum Gasteiger partial charge on any atom is -0.507 e. The number of unbranched alkanes of at least 4 members (excludes halogenated alkanes) is 1. The van der Waals surface area contributed by atoms with E-state index in [1.54, 1.807) is 0 Å². The fourth-order valence-electron chi connectivity index (χ4n) is 4.29. The number of phenols is 1. The summed E-state index contributed by atoms with van der Waals surface area (Å²) in [6, 6.07) is 11.3. The second-order valence-electron chi connectivity index (χ2n) is 11.7. The second kappa shape index (κ2) is 10.1. The molecular formula is C29H45OPS. The van der Waals surface area contributed by atoms with Crippen LogP contribution >= 0.6 is 21.2 Å². The molecule has 2 aromatic rings. The van der Waals surface area contributed by atoms with Crippen molar-refractivity contribution >= 4 is 26.5 Å². The first-order valence-corrected chi connectivity index (χ1v) is 13.6. The molecule has 3 unspecified atom stereocenters. The normalized spacial score (nSPS) is 15.8. The molecule has 2 rings (SSSR count). The van der Waals surface area contributed by atoms with E-state index in [-0.39, 0.29) is 21.2 Å². The van der Waals surface area contributed by atoms with Gasteiger partial charge in [-0.2, -0.15) is 12.6 Å². The first-order chi connectivity index (χ1) is 14.6. The number of hydrogen-bond donors (Lipinski definition) is 2. The zero-order valence-electron chi connectivity index (χ0n) is 22.0. The Morgan fingerprint density at radius 1 is 0.938 bits per heavy atom. The van der Waals surface area contributed by atoms with Gasteiger partial charge in [0.1, 0.15) is 5.75 Å². The van der Waals surface area contributed by atoms with Crippen LogP contribution in [0.2, 0.25) is 0 Å². The molecule has 0 aliphatic carbocycles. The minimum absolute atomic E-state index is 0.0197. The smallest absolute Gasteiger partial charge is 0.123 e. The highest BCUT2D eigenvalue weighted by molar-refractivity contribution is 7.80. The van der Waals surface area contributed by atoms with Gasteiger partial charge in [0.15, 0.2) is 0 Å². The summed E-state index contributed by atoms with van der Waals surface area (Å²) in [5.41, 5.74) is 5.96. The molecule has 0 radical (unpaired) electrons. The highest BCUT2D eigenvalue weighted by atomic mass is 32.1. The van der Waals surface area contributed by atoms with Crippen LogP contribution in [-0.2, 0) is 16.0 Å². The lowest BCUT2D eigenvalue weighted by atomic mass is 9.77. The first kappa shape index (κ1) is 27.3. The van der Waals surface area contributed by atoms with Crippen LogP contribution in [-0.4, -0.2) is 5.11 Å². The number of thiol groups is 1. The highest BCUT2D eigenvalue weighted by Gasteiger charge is 2.35. The molecule has 3 atom stereocenters. The third-order valence-corrected chi connectivity index (χ3v) is 8.55. The molecule has 1 N–H and O–H groups in total. The summed E-state index contributed by atoms with van der Waals surface area (Å²) in [4.78, 5) is 0. The van der Waals surface area contributed by atoms with Gasteiger partial charge in [0, 0.05) is 16.0 Å². The number of hydrogen-bond acceptors (Lipinski definition) is 2. The van der Waals surface area contributed by atoms with Crippen LogP contribution in [0.5, 0.6) is 5.75 Å². The van der Waals surface area contributed by atoms with Gasteiger partial charge in [-0.3, -0.25) is 0 Å². The number of benzene rings is 2. The predicted octanol–water partition coefficient (Wildman–Crippen LogP) is 8.70. The Morgan fingerprint density at radius 2 is 1.53 bits per heavy atom. The van der Waals surface area contributed by atoms with Gasteiger partial charge in [-0.25, -0.2) is 0 Å². The Morgan fingerprint density at radius 3 is 2.03 bits per heavy atom. The van der Waals surface area contributed by atoms with E-state index in [0.717, 1.165) is 30.4 Å². The van der Waals surface area contributed by atoms with Gasteiger partial charge >= 0.3 is 0 Å². The predicted molar refractivity (Wildman–Crippen MR) is 149 cm³/mol. The molecule has 0 saturated carbocycles. The zero-order valence-corrected chi connectivity index (χ0v) is 23.9.